The monoisotopic (exact) mass is 286 g/mol. The van der Waals surface area contributed by atoms with E-state index >= 15 is 0 Å². The van der Waals surface area contributed by atoms with E-state index < -0.39 is 12.1 Å². The molecule has 16 heavy (non-hydrogen) atoms. The topological polar surface area (TPSA) is 46.5 Å². The summed E-state index contributed by atoms with van der Waals surface area (Å²) >= 11 is 3.45. The Bertz CT molecular complexity index is 378. The van der Waals surface area contributed by atoms with Gasteiger partial charge in [0.25, 0.3) is 0 Å². The molecule has 0 aliphatic rings. The number of carbonyl (C=O) groups is 1. The number of carbonyl (C=O) groups excluding carboxylic acids is 1. The zero-order valence-electron chi connectivity index (χ0n) is 9.58. The van der Waals surface area contributed by atoms with Crippen LogP contribution in [0.3, 0.4) is 0 Å². The molecule has 1 rings (SSSR count). The Labute approximate surface area is 104 Å². The molecule has 0 saturated carbocycles. The van der Waals surface area contributed by atoms with Crippen molar-refractivity contribution in [1.82, 2.24) is 0 Å². The SMILES string of the molecule is COC(=O)CC(O)c1cc(C)c(Br)c(C)c1. The van der Waals surface area contributed by atoms with Crippen LogP contribution in [0.25, 0.3) is 0 Å². The molecule has 0 spiro atoms. The maximum Gasteiger partial charge on any atom is 0.308 e. The lowest BCUT2D eigenvalue weighted by Gasteiger charge is -2.13. The van der Waals surface area contributed by atoms with Crippen molar-refractivity contribution in [3.8, 4) is 0 Å². The molecule has 1 unspecified atom stereocenters. The number of aryl methyl sites for hydroxylation is 2. The average Bonchev–Trinajstić information content (AvgIpc) is 2.24. The van der Waals surface area contributed by atoms with Crippen LogP contribution in [-0.4, -0.2) is 18.2 Å². The highest BCUT2D eigenvalue weighted by atomic mass is 79.9. The molecule has 0 heterocycles. The lowest BCUT2D eigenvalue weighted by molar-refractivity contribution is -0.142. The molecule has 0 aromatic heterocycles. The van der Waals surface area contributed by atoms with Gasteiger partial charge in [-0.3, -0.25) is 4.79 Å². The van der Waals surface area contributed by atoms with Gasteiger partial charge in [-0.1, -0.05) is 28.1 Å². The van der Waals surface area contributed by atoms with Crippen LogP contribution in [0.5, 0.6) is 0 Å². The van der Waals surface area contributed by atoms with Crippen molar-refractivity contribution < 1.29 is 14.6 Å². The van der Waals surface area contributed by atoms with Gasteiger partial charge in [0.1, 0.15) is 0 Å². The number of aliphatic hydroxyl groups is 1. The minimum atomic E-state index is -0.807. The second kappa shape index (κ2) is 5.46. The van der Waals surface area contributed by atoms with E-state index in [0.29, 0.717) is 0 Å². The maximum atomic E-state index is 11.0. The van der Waals surface area contributed by atoms with Crippen LogP contribution in [0.15, 0.2) is 16.6 Å². The predicted octanol–water partition coefficient (Wildman–Crippen LogP) is 2.66. The molecule has 1 aromatic carbocycles. The maximum absolute atomic E-state index is 11.0. The molecule has 1 atom stereocenters. The number of halogens is 1. The summed E-state index contributed by atoms with van der Waals surface area (Å²) in [5.74, 6) is -0.411. The second-order valence-electron chi connectivity index (χ2n) is 3.76. The average molecular weight is 287 g/mol. The van der Waals surface area contributed by atoms with Crippen LogP contribution in [-0.2, 0) is 9.53 Å². The van der Waals surface area contributed by atoms with Gasteiger partial charge >= 0.3 is 5.97 Å². The summed E-state index contributed by atoms with van der Waals surface area (Å²) in [7, 11) is 1.31. The van der Waals surface area contributed by atoms with Crippen molar-refractivity contribution in [1.29, 1.82) is 0 Å². The molecule has 0 radical (unpaired) electrons. The number of aliphatic hydroxyl groups excluding tert-OH is 1. The van der Waals surface area contributed by atoms with E-state index in [2.05, 4.69) is 20.7 Å². The summed E-state index contributed by atoms with van der Waals surface area (Å²) in [6.07, 6.45) is -0.824. The highest BCUT2D eigenvalue weighted by Gasteiger charge is 2.14. The van der Waals surface area contributed by atoms with Gasteiger partial charge in [-0.2, -0.15) is 0 Å². The summed E-state index contributed by atoms with van der Waals surface area (Å²) in [6.45, 7) is 3.90. The van der Waals surface area contributed by atoms with E-state index in [4.69, 9.17) is 0 Å². The zero-order chi connectivity index (χ0) is 12.3. The summed E-state index contributed by atoms with van der Waals surface area (Å²) in [4.78, 5) is 11.0. The van der Waals surface area contributed by atoms with Crippen molar-refractivity contribution in [3.05, 3.63) is 33.3 Å². The van der Waals surface area contributed by atoms with Gasteiger partial charge in [0.05, 0.1) is 19.6 Å². The van der Waals surface area contributed by atoms with Crippen molar-refractivity contribution in [2.45, 2.75) is 26.4 Å². The van der Waals surface area contributed by atoms with Crippen molar-refractivity contribution in [3.63, 3.8) is 0 Å². The molecule has 0 aliphatic carbocycles. The second-order valence-corrected chi connectivity index (χ2v) is 4.56. The Morgan fingerprint density at radius 3 is 2.38 bits per heavy atom. The van der Waals surface area contributed by atoms with E-state index in [9.17, 15) is 9.90 Å². The standard InChI is InChI=1S/C12H15BrO3/c1-7-4-9(5-8(2)12(7)13)10(14)6-11(15)16-3/h4-5,10,14H,6H2,1-3H3. The minimum absolute atomic E-state index is 0.0169. The van der Waals surface area contributed by atoms with Crippen LogP contribution in [0.2, 0.25) is 0 Å². The van der Waals surface area contributed by atoms with Gasteiger partial charge in [0.2, 0.25) is 0 Å². The third-order valence-corrected chi connectivity index (χ3v) is 3.68. The molecule has 0 bridgehead atoms. The number of ether oxygens (including phenoxy) is 1. The van der Waals surface area contributed by atoms with Gasteiger partial charge < -0.3 is 9.84 Å². The summed E-state index contributed by atoms with van der Waals surface area (Å²) in [6, 6.07) is 3.73. The van der Waals surface area contributed by atoms with Crippen molar-refractivity contribution in [2.75, 3.05) is 7.11 Å². The largest absolute Gasteiger partial charge is 0.469 e. The number of benzene rings is 1. The van der Waals surface area contributed by atoms with Crippen molar-refractivity contribution in [2.24, 2.45) is 0 Å². The molecule has 3 nitrogen and oxygen atoms in total. The first kappa shape index (κ1) is 13.2. The van der Waals surface area contributed by atoms with E-state index in [-0.39, 0.29) is 6.42 Å². The Morgan fingerprint density at radius 1 is 1.44 bits per heavy atom. The van der Waals surface area contributed by atoms with Gasteiger partial charge in [-0.15, -0.1) is 0 Å². The molecule has 1 N–H and O–H groups in total. The van der Waals surface area contributed by atoms with Gasteiger partial charge in [0, 0.05) is 4.47 Å². The molecule has 0 fully saturated rings. The predicted molar refractivity (Wildman–Crippen MR) is 65.2 cm³/mol. The van der Waals surface area contributed by atoms with Gasteiger partial charge in [0.15, 0.2) is 0 Å². The molecular weight excluding hydrogens is 272 g/mol. The van der Waals surface area contributed by atoms with E-state index in [1.165, 1.54) is 7.11 Å². The fraction of sp³-hybridized carbons (Fsp3) is 0.417. The molecule has 88 valence electrons. The first-order valence-corrected chi connectivity index (χ1v) is 5.76. The van der Waals surface area contributed by atoms with Crippen LogP contribution in [0.4, 0.5) is 0 Å². The number of methoxy groups -OCH3 is 1. The molecule has 0 aliphatic heterocycles. The molecular formula is C12H15BrO3. The third-order valence-electron chi connectivity index (χ3n) is 2.43. The van der Waals surface area contributed by atoms with Crippen LogP contribution >= 0.6 is 15.9 Å². The molecule has 0 saturated heterocycles. The lowest BCUT2D eigenvalue weighted by atomic mass is 10.0. The van der Waals surface area contributed by atoms with Crippen LogP contribution in [0.1, 0.15) is 29.2 Å². The van der Waals surface area contributed by atoms with Crippen molar-refractivity contribution >= 4 is 21.9 Å². The molecule has 4 heteroatoms. The highest BCUT2D eigenvalue weighted by Crippen LogP contribution is 2.26. The molecule has 1 aromatic rings. The summed E-state index contributed by atoms with van der Waals surface area (Å²) < 4.78 is 5.55. The highest BCUT2D eigenvalue weighted by molar-refractivity contribution is 9.10. The van der Waals surface area contributed by atoms with E-state index in [1.807, 2.05) is 26.0 Å². The lowest BCUT2D eigenvalue weighted by Crippen LogP contribution is -2.08. The Morgan fingerprint density at radius 2 is 1.94 bits per heavy atom. The number of esters is 1. The van der Waals surface area contributed by atoms with Crippen LogP contribution in [0, 0.1) is 13.8 Å². The molecule has 0 amide bonds. The Hall–Kier alpha value is -0.870. The minimum Gasteiger partial charge on any atom is -0.469 e. The quantitative estimate of drug-likeness (QED) is 0.869. The Kier molecular flexibility index (Phi) is 4.50. The number of rotatable bonds is 3. The summed E-state index contributed by atoms with van der Waals surface area (Å²) in [5.41, 5.74) is 2.82. The van der Waals surface area contributed by atoms with E-state index in [1.54, 1.807) is 0 Å². The number of hydrogen-bond donors (Lipinski definition) is 1. The normalized spacial score (nSPS) is 12.3. The zero-order valence-corrected chi connectivity index (χ0v) is 11.2. The smallest absolute Gasteiger partial charge is 0.308 e. The third kappa shape index (κ3) is 3.06. The van der Waals surface area contributed by atoms with Gasteiger partial charge in [-0.05, 0) is 30.5 Å². The fourth-order valence-electron chi connectivity index (χ4n) is 1.53. The first-order chi connectivity index (χ1) is 7.45. The first-order valence-electron chi connectivity index (χ1n) is 4.97. The number of hydrogen-bond acceptors (Lipinski definition) is 3. The Balaban J connectivity index is 2.92. The van der Waals surface area contributed by atoms with Crippen LogP contribution < -0.4 is 0 Å². The summed E-state index contributed by atoms with van der Waals surface area (Å²) in [5, 5.41) is 9.85. The van der Waals surface area contributed by atoms with E-state index in [0.717, 1.165) is 21.2 Å². The van der Waals surface area contributed by atoms with Gasteiger partial charge in [-0.25, -0.2) is 0 Å². The fourth-order valence-corrected chi connectivity index (χ4v) is 1.76.